The molecule has 0 aliphatic carbocycles. The van der Waals surface area contributed by atoms with Gasteiger partial charge in [0.05, 0.1) is 18.2 Å². The molecule has 0 bridgehead atoms. The Bertz CT molecular complexity index is 690. The smallest absolute Gasteiger partial charge is 0.253 e. The highest BCUT2D eigenvalue weighted by Gasteiger charge is 2.23. The third-order valence-electron chi connectivity index (χ3n) is 3.44. The molecule has 2 aromatic rings. The molecule has 0 aromatic heterocycles. The Balaban J connectivity index is 1.84. The second kappa shape index (κ2) is 5.85. The minimum atomic E-state index is -0.435. The molecule has 0 radical (unpaired) electrons. The van der Waals surface area contributed by atoms with E-state index >= 15 is 0 Å². The molecule has 1 aliphatic rings. The summed E-state index contributed by atoms with van der Waals surface area (Å²) in [6, 6.07) is 11.6. The fourth-order valence-electron chi connectivity index (χ4n) is 2.40. The quantitative estimate of drug-likeness (QED) is 0.894. The van der Waals surface area contributed by atoms with Crippen molar-refractivity contribution in [2.75, 3.05) is 6.61 Å². The predicted octanol–water partition coefficient (Wildman–Crippen LogP) is 3.84. The number of rotatable bonds is 2. The molecule has 3 nitrogen and oxygen atoms in total. The molecule has 0 fully saturated rings. The van der Waals surface area contributed by atoms with Crippen LogP contribution >= 0.6 is 15.9 Å². The second-order valence-electron chi connectivity index (χ2n) is 4.83. The number of halogens is 2. The molecule has 1 N–H and O–H groups in total. The molecule has 0 saturated carbocycles. The summed E-state index contributed by atoms with van der Waals surface area (Å²) in [6.07, 6.45) is 0.690. The van der Waals surface area contributed by atoms with E-state index in [-0.39, 0.29) is 11.9 Å². The zero-order chi connectivity index (χ0) is 14.8. The second-order valence-corrected chi connectivity index (χ2v) is 5.68. The maximum atomic E-state index is 13.3. The van der Waals surface area contributed by atoms with E-state index in [0.717, 1.165) is 11.3 Å². The Hall–Kier alpha value is -1.88. The van der Waals surface area contributed by atoms with Crippen LogP contribution < -0.4 is 10.1 Å². The van der Waals surface area contributed by atoms with Crippen molar-refractivity contribution in [1.82, 2.24) is 5.32 Å². The van der Waals surface area contributed by atoms with Crippen molar-refractivity contribution in [3.8, 4) is 5.75 Å². The molecule has 3 rings (SSSR count). The molecule has 5 heteroatoms. The Morgan fingerprint density at radius 3 is 2.95 bits per heavy atom. The summed E-state index contributed by atoms with van der Waals surface area (Å²) < 4.78 is 19.4. The van der Waals surface area contributed by atoms with Crippen LogP contribution in [0.25, 0.3) is 0 Å². The van der Waals surface area contributed by atoms with Crippen molar-refractivity contribution in [2.24, 2.45) is 0 Å². The first-order valence-electron chi connectivity index (χ1n) is 6.63. The third-order valence-corrected chi connectivity index (χ3v) is 4.13. The van der Waals surface area contributed by atoms with Gasteiger partial charge in [0, 0.05) is 16.5 Å². The Morgan fingerprint density at radius 1 is 1.29 bits per heavy atom. The van der Waals surface area contributed by atoms with Crippen molar-refractivity contribution >= 4 is 21.8 Å². The molecule has 1 amide bonds. The van der Waals surface area contributed by atoms with E-state index in [1.807, 2.05) is 24.3 Å². The number of para-hydroxylation sites is 1. The van der Waals surface area contributed by atoms with E-state index in [2.05, 4.69) is 21.2 Å². The van der Waals surface area contributed by atoms with Crippen molar-refractivity contribution in [3.05, 3.63) is 63.9 Å². The SMILES string of the molecule is O=C(N[C@@H]1CCOc2ccccc21)c1cc(F)ccc1Br. The third kappa shape index (κ3) is 2.93. The van der Waals surface area contributed by atoms with Gasteiger partial charge in [-0.3, -0.25) is 4.79 Å². The van der Waals surface area contributed by atoms with Gasteiger partial charge in [0.2, 0.25) is 0 Å². The van der Waals surface area contributed by atoms with E-state index in [0.29, 0.717) is 23.1 Å². The first-order chi connectivity index (χ1) is 10.1. The zero-order valence-electron chi connectivity index (χ0n) is 11.1. The van der Waals surface area contributed by atoms with Crippen LogP contribution in [0.3, 0.4) is 0 Å². The Labute approximate surface area is 130 Å². The van der Waals surface area contributed by atoms with Gasteiger partial charge in [-0.05, 0) is 40.2 Å². The van der Waals surface area contributed by atoms with Gasteiger partial charge in [-0.1, -0.05) is 18.2 Å². The number of hydrogen-bond acceptors (Lipinski definition) is 2. The van der Waals surface area contributed by atoms with Gasteiger partial charge in [-0.15, -0.1) is 0 Å². The van der Waals surface area contributed by atoms with Gasteiger partial charge in [-0.25, -0.2) is 4.39 Å². The monoisotopic (exact) mass is 349 g/mol. The van der Waals surface area contributed by atoms with Crippen molar-refractivity contribution in [2.45, 2.75) is 12.5 Å². The van der Waals surface area contributed by atoms with Crippen LogP contribution in [0.1, 0.15) is 28.4 Å². The van der Waals surface area contributed by atoms with Crippen LogP contribution in [-0.2, 0) is 0 Å². The molecule has 1 atom stereocenters. The molecule has 108 valence electrons. The van der Waals surface area contributed by atoms with Gasteiger partial charge in [0.25, 0.3) is 5.91 Å². The van der Waals surface area contributed by atoms with E-state index in [1.165, 1.54) is 18.2 Å². The summed E-state index contributed by atoms with van der Waals surface area (Å²) in [4.78, 5) is 12.3. The van der Waals surface area contributed by atoms with Gasteiger partial charge in [0.15, 0.2) is 0 Å². The van der Waals surface area contributed by atoms with Crippen molar-refractivity contribution < 1.29 is 13.9 Å². The standard InChI is InChI=1S/C16H13BrFNO2/c17-13-6-5-10(18)9-12(13)16(20)19-14-7-8-21-15-4-2-1-3-11(14)15/h1-6,9,14H,7-8H2,(H,19,20)/t14-/m1/s1. The molecule has 1 aliphatic heterocycles. The lowest BCUT2D eigenvalue weighted by molar-refractivity contribution is 0.0923. The summed E-state index contributed by atoms with van der Waals surface area (Å²) in [5.41, 5.74) is 1.24. The maximum absolute atomic E-state index is 13.3. The number of fused-ring (bicyclic) bond motifs is 1. The highest BCUT2D eigenvalue weighted by atomic mass is 79.9. The summed E-state index contributed by atoms with van der Waals surface area (Å²) >= 11 is 3.28. The van der Waals surface area contributed by atoms with Crippen LogP contribution in [-0.4, -0.2) is 12.5 Å². The Kier molecular flexibility index (Phi) is 3.92. The van der Waals surface area contributed by atoms with E-state index in [4.69, 9.17) is 4.74 Å². The fourth-order valence-corrected chi connectivity index (χ4v) is 2.83. The normalized spacial score (nSPS) is 16.8. The first-order valence-corrected chi connectivity index (χ1v) is 7.42. The lowest BCUT2D eigenvalue weighted by Crippen LogP contribution is -2.32. The van der Waals surface area contributed by atoms with Crippen LogP contribution in [0.4, 0.5) is 4.39 Å². The number of hydrogen-bond donors (Lipinski definition) is 1. The van der Waals surface area contributed by atoms with Gasteiger partial charge in [0.1, 0.15) is 11.6 Å². The average Bonchev–Trinajstić information content (AvgIpc) is 2.50. The molecule has 0 unspecified atom stereocenters. The van der Waals surface area contributed by atoms with Crippen LogP contribution in [0.2, 0.25) is 0 Å². The number of ether oxygens (including phenoxy) is 1. The summed E-state index contributed by atoms with van der Waals surface area (Å²) in [5, 5.41) is 2.94. The van der Waals surface area contributed by atoms with Gasteiger partial charge >= 0.3 is 0 Å². The topological polar surface area (TPSA) is 38.3 Å². The molecule has 0 spiro atoms. The number of nitrogens with one attached hydrogen (secondary N) is 1. The van der Waals surface area contributed by atoms with Gasteiger partial charge < -0.3 is 10.1 Å². The van der Waals surface area contributed by atoms with E-state index in [9.17, 15) is 9.18 Å². The summed E-state index contributed by atoms with van der Waals surface area (Å²) in [5.74, 6) is 0.0474. The molecule has 21 heavy (non-hydrogen) atoms. The number of amides is 1. The van der Waals surface area contributed by atoms with E-state index < -0.39 is 5.82 Å². The van der Waals surface area contributed by atoms with Crippen molar-refractivity contribution in [3.63, 3.8) is 0 Å². The molecular formula is C16H13BrFNO2. The van der Waals surface area contributed by atoms with Crippen LogP contribution in [0, 0.1) is 5.82 Å². The van der Waals surface area contributed by atoms with Crippen LogP contribution in [0.15, 0.2) is 46.9 Å². The molecule has 1 heterocycles. The lowest BCUT2D eigenvalue weighted by Gasteiger charge is -2.26. The number of benzene rings is 2. The minimum absolute atomic E-state index is 0.127. The molecular weight excluding hydrogens is 337 g/mol. The fraction of sp³-hybridized carbons (Fsp3) is 0.188. The highest BCUT2D eigenvalue weighted by Crippen LogP contribution is 2.32. The number of carbonyl (C=O) groups excluding carboxylic acids is 1. The number of carbonyl (C=O) groups is 1. The van der Waals surface area contributed by atoms with Gasteiger partial charge in [-0.2, -0.15) is 0 Å². The predicted molar refractivity (Wildman–Crippen MR) is 80.9 cm³/mol. The molecule has 0 saturated heterocycles. The maximum Gasteiger partial charge on any atom is 0.253 e. The summed E-state index contributed by atoms with van der Waals surface area (Å²) in [6.45, 7) is 0.548. The summed E-state index contributed by atoms with van der Waals surface area (Å²) in [7, 11) is 0. The average molecular weight is 350 g/mol. The van der Waals surface area contributed by atoms with Crippen LogP contribution in [0.5, 0.6) is 5.75 Å². The minimum Gasteiger partial charge on any atom is -0.493 e. The zero-order valence-corrected chi connectivity index (χ0v) is 12.7. The lowest BCUT2D eigenvalue weighted by atomic mass is 10.00. The van der Waals surface area contributed by atoms with E-state index in [1.54, 1.807) is 0 Å². The Morgan fingerprint density at radius 2 is 2.10 bits per heavy atom. The first kappa shape index (κ1) is 14.1. The largest absolute Gasteiger partial charge is 0.493 e. The molecule has 2 aromatic carbocycles. The van der Waals surface area contributed by atoms with Crippen molar-refractivity contribution in [1.29, 1.82) is 0 Å². The highest BCUT2D eigenvalue weighted by molar-refractivity contribution is 9.10.